The van der Waals surface area contributed by atoms with E-state index in [2.05, 4.69) is 9.97 Å². The standard InChI is InChI=1S/C21H23FN4O/c1-14-4-2-7-17-20(14)25-18(24-17)8-9-19(27)26-11-10-21(23,13-26)15-5-3-6-16(22)12-15/h2-7,12H,8-11,13,23H2,1H3,(H,24,25). The molecule has 1 saturated heterocycles. The van der Waals surface area contributed by atoms with Crippen molar-refractivity contribution in [3.05, 3.63) is 65.2 Å². The lowest BCUT2D eigenvalue weighted by Crippen LogP contribution is -2.41. The van der Waals surface area contributed by atoms with Gasteiger partial charge in [0.05, 0.1) is 16.6 Å². The SMILES string of the molecule is Cc1cccc2[nH]c(CCC(=O)N3CCC(N)(c4cccc(F)c4)C3)nc12. The molecule has 3 aromatic rings. The molecule has 1 aliphatic rings. The summed E-state index contributed by atoms with van der Waals surface area (Å²) in [4.78, 5) is 22.3. The summed E-state index contributed by atoms with van der Waals surface area (Å²) in [6.07, 6.45) is 1.56. The number of nitrogens with one attached hydrogen (secondary N) is 1. The minimum absolute atomic E-state index is 0.0518. The van der Waals surface area contributed by atoms with Crippen LogP contribution in [-0.4, -0.2) is 33.9 Å². The Morgan fingerprint density at radius 3 is 2.93 bits per heavy atom. The lowest BCUT2D eigenvalue weighted by atomic mass is 9.90. The Hall–Kier alpha value is -2.73. The van der Waals surface area contributed by atoms with E-state index in [1.165, 1.54) is 12.1 Å². The number of fused-ring (bicyclic) bond motifs is 1. The van der Waals surface area contributed by atoms with Crippen LogP contribution in [0.25, 0.3) is 11.0 Å². The van der Waals surface area contributed by atoms with Crippen LogP contribution in [0, 0.1) is 12.7 Å². The molecule has 6 heteroatoms. The average Bonchev–Trinajstić information content (AvgIpc) is 3.25. The van der Waals surface area contributed by atoms with Gasteiger partial charge in [0, 0.05) is 25.9 Å². The molecule has 1 aliphatic heterocycles. The van der Waals surface area contributed by atoms with E-state index in [4.69, 9.17) is 5.73 Å². The fourth-order valence-corrected chi connectivity index (χ4v) is 3.81. The van der Waals surface area contributed by atoms with E-state index < -0.39 is 5.54 Å². The van der Waals surface area contributed by atoms with Gasteiger partial charge in [-0.3, -0.25) is 4.79 Å². The number of aryl methyl sites for hydroxylation is 2. The first-order valence-corrected chi connectivity index (χ1v) is 9.21. The van der Waals surface area contributed by atoms with Gasteiger partial charge in [-0.2, -0.15) is 0 Å². The molecule has 5 nitrogen and oxygen atoms in total. The fourth-order valence-electron chi connectivity index (χ4n) is 3.81. The van der Waals surface area contributed by atoms with Gasteiger partial charge in [-0.15, -0.1) is 0 Å². The Labute approximate surface area is 157 Å². The molecule has 0 aliphatic carbocycles. The van der Waals surface area contributed by atoms with Gasteiger partial charge in [0.1, 0.15) is 11.6 Å². The van der Waals surface area contributed by atoms with Crippen LogP contribution in [0.15, 0.2) is 42.5 Å². The third-order valence-electron chi connectivity index (χ3n) is 5.39. The number of H-pyrrole nitrogens is 1. The Bertz CT molecular complexity index is 999. The van der Waals surface area contributed by atoms with Crippen molar-refractivity contribution in [1.82, 2.24) is 14.9 Å². The lowest BCUT2D eigenvalue weighted by Gasteiger charge is -2.25. The quantitative estimate of drug-likeness (QED) is 0.745. The highest BCUT2D eigenvalue weighted by molar-refractivity contribution is 5.79. The first-order valence-electron chi connectivity index (χ1n) is 9.21. The van der Waals surface area contributed by atoms with Crippen molar-refractivity contribution in [2.24, 2.45) is 5.73 Å². The molecule has 2 aromatic carbocycles. The normalized spacial score (nSPS) is 19.7. The van der Waals surface area contributed by atoms with Crippen molar-refractivity contribution in [3.63, 3.8) is 0 Å². The third-order valence-corrected chi connectivity index (χ3v) is 5.39. The zero-order chi connectivity index (χ0) is 19.0. The summed E-state index contributed by atoms with van der Waals surface area (Å²) in [5.74, 6) is 0.564. The second-order valence-corrected chi connectivity index (χ2v) is 7.39. The van der Waals surface area contributed by atoms with Gasteiger partial charge < -0.3 is 15.6 Å². The number of hydrogen-bond donors (Lipinski definition) is 2. The van der Waals surface area contributed by atoms with Gasteiger partial charge in [0.15, 0.2) is 0 Å². The van der Waals surface area contributed by atoms with Crippen molar-refractivity contribution < 1.29 is 9.18 Å². The fraction of sp³-hybridized carbons (Fsp3) is 0.333. The third kappa shape index (κ3) is 3.45. The maximum Gasteiger partial charge on any atom is 0.223 e. The van der Waals surface area contributed by atoms with Crippen molar-refractivity contribution in [1.29, 1.82) is 0 Å². The van der Waals surface area contributed by atoms with Crippen molar-refractivity contribution in [2.45, 2.75) is 31.7 Å². The van der Waals surface area contributed by atoms with Crippen molar-refractivity contribution in [2.75, 3.05) is 13.1 Å². The number of carbonyl (C=O) groups is 1. The van der Waals surface area contributed by atoms with Gasteiger partial charge in [-0.1, -0.05) is 24.3 Å². The van der Waals surface area contributed by atoms with Gasteiger partial charge in [0.25, 0.3) is 0 Å². The number of para-hydroxylation sites is 1. The number of carbonyl (C=O) groups excluding carboxylic acids is 1. The largest absolute Gasteiger partial charge is 0.342 e. The van der Waals surface area contributed by atoms with E-state index in [9.17, 15) is 9.18 Å². The number of nitrogens with zero attached hydrogens (tertiary/aromatic N) is 2. The predicted octanol–water partition coefficient (Wildman–Crippen LogP) is 3.03. The molecular weight excluding hydrogens is 343 g/mol. The second-order valence-electron chi connectivity index (χ2n) is 7.39. The molecule has 1 unspecified atom stereocenters. The van der Waals surface area contributed by atoms with Crippen LogP contribution in [0.2, 0.25) is 0 Å². The van der Waals surface area contributed by atoms with E-state index in [-0.39, 0.29) is 11.7 Å². The number of amides is 1. The first-order chi connectivity index (χ1) is 12.9. The van der Waals surface area contributed by atoms with Crippen molar-refractivity contribution in [3.8, 4) is 0 Å². The molecule has 0 saturated carbocycles. The van der Waals surface area contributed by atoms with Gasteiger partial charge in [-0.25, -0.2) is 9.37 Å². The summed E-state index contributed by atoms with van der Waals surface area (Å²) in [6.45, 7) is 3.02. The highest BCUT2D eigenvalue weighted by atomic mass is 19.1. The molecule has 3 N–H and O–H groups in total. The van der Waals surface area contributed by atoms with Crippen LogP contribution in [0.5, 0.6) is 0 Å². The van der Waals surface area contributed by atoms with Crippen LogP contribution < -0.4 is 5.73 Å². The minimum atomic E-state index is -0.686. The number of benzene rings is 2. The summed E-state index contributed by atoms with van der Waals surface area (Å²) >= 11 is 0. The van der Waals surface area contributed by atoms with E-state index in [1.54, 1.807) is 11.0 Å². The summed E-state index contributed by atoms with van der Waals surface area (Å²) in [5.41, 5.74) is 9.59. The number of rotatable bonds is 4. The summed E-state index contributed by atoms with van der Waals surface area (Å²) in [6, 6.07) is 12.4. The Balaban J connectivity index is 1.41. The minimum Gasteiger partial charge on any atom is -0.342 e. The molecule has 140 valence electrons. The number of halogens is 1. The number of likely N-dealkylation sites (tertiary alicyclic amines) is 1. The van der Waals surface area contributed by atoms with Crippen LogP contribution in [0.4, 0.5) is 4.39 Å². The smallest absolute Gasteiger partial charge is 0.223 e. The first kappa shape index (κ1) is 17.7. The number of nitrogens with two attached hydrogens (primary N) is 1. The highest BCUT2D eigenvalue weighted by Gasteiger charge is 2.38. The molecule has 1 fully saturated rings. The lowest BCUT2D eigenvalue weighted by molar-refractivity contribution is -0.130. The van der Waals surface area contributed by atoms with E-state index >= 15 is 0 Å². The van der Waals surface area contributed by atoms with Crippen LogP contribution in [-0.2, 0) is 16.8 Å². The van der Waals surface area contributed by atoms with Gasteiger partial charge >= 0.3 is 0 Å². The molecule has 1 aromatic heterocycles. The monoisotopic (exact) mass is 366 g/mol. The van der Waals surface area contributed by atoms with Gasteiger partial charge in [0.2, 0.25) is 5.91 Å². The maximum absolute atomic E-state index is 13.5. The maximum atomic E-state index is 13.5. The van der Waals surface area contributed by atoms with Gasteiger partial charge in [-0.05, 0) is 42.7 Å². The summed E-state index contributed by atoms with van der Waals surface area (Å²) in [7, 11) is 0. The summed E-state index contributed by atoms with van der Waals surface area (Å²) in [5, 5.41) is 0. The zero-order valence-electron chi connectivity index (χ0n) is 15.3. The molecule has 1 atom stereocenters. The zero-order valence-corrected chi connectivity index (χ0v) is 15.3. The van der Waals surface area contributed by atoms with Crippen LogP contribution in [0.3, 0.4) is 0 Å². The van der Waals surface area contributed by atoms with Crippen LogP contribution >= 0.6 is 0 Å². The average molecular weight is 366 g/mol. The number of hydrogen-bond acceptors (Lipinski definition) is 3. The molecule has 27 heavy (non-hydrogen) atoms. The molecule has 0 bridgehead atoms. The van der Waals surface area contributed by atoms with E-state index in [0.29, 0.717) is 32.4 Å². The summed E-state index contributed by atoms with van der Waals surface area (Å²) < 4.78 is 13.5. The van der Waals surface area contributed by atoms with E-state index in [1.807, 2.05) is 31.2 Å². The molecule has 1 amide bonds. The molecule has 2 heterocycles. The molecule has 4 rings (SSSR count). The molecular formula is C21H23FN4O. The van der Waals surface area contributed by atoms with E-state index in [0.717, 1.165) is 28.0 Å². The topological polar surface area (TPSA) is 75.0 Å². The number of imidazole rings is 1. The Morgan fingerprint density at radius 1 is 1.33 bits per heavy atom. The number of aromatic amines is 1. The highest BCUT2D eigenvalue weighted by Crippen LogP contribution is 2.30. The molecule has 0 radical (unpaired) electrons. The Kier molecular flexibility index (Phi) is 4.44. The number of aromatic nitrogens is 2. The van der Waals surface area contributed by atoms with Crippen molar-refractivity contribution >= 4 is 16.9 Å². The van der Waals surface area contributed by atoms with Crippen LogP contribution in [0.1, 0.15) is 29.8 Å². The second kappa shape index (κ2) is 6.78. The Morgan fingerprint density at radius 2 is 2.15 bits per heavy atom. The molecule has 0 spiro atoms. The predicted molar refractivity (Wildman–Crippen MR) is 103 cm³/mol.